The van der Waals surface area contributed by atoms with E-state index in [0.29, 0.717) is 6.54 Å². The number of aromatic nitrogens is 1. The Morgan fingerprint density at radius 1 is 0.962 bits per heavy atom. The van der Waals surface area contributed by atoms with Crippen molar-refractivity contribution in [2.24, 2.45) is 0 Å². The normalized spacial score (nSPS) is 10.9. The zero-order valence-corrected chi connectivity index (χ0v) is 15.7. The molecule has 0 unspecified atom stereocenters. The molecule has 4 heteroatoms. The fraction of sp³-hybridized carbons (Fsp3) is 0.273. The first-order chi connectivity index (χ1) is 12.3. The van der Waals surface area contributed by atoms with Gasteiger partial charge in [-0.15, -0.1) is 0 Å². The van der Waals surface area contributed by atoms with Gasteiger partial charge in [0.05, 0.1) is 5.52 Å². The van der Waals surface area contributed by atoms with E-state index in [1.54, 1.807) is 10.6 Å². The average molecular weight is 348 g/mol. The van der Waals surface area contributed by atoms with E-state index in [1.165, 1.54) is 5.56 Å². The summed E-state index contributed by atoms with van der Waals surface area (Å²) in [7, 11) is 0. The third-order valence-corrected chi connectivity index (χ3v) is 4.61. The number of pyridine rings is 1. The molecule has 26 heavy (non-hydrogen) atoms. The fourth-order valence-corrected chi connectivity index (χ4v) is 3.45. The largest absolute Gasteiger partial charge is 0.326 e. The van der Waals surface area contributed by atoms with Gasteiger partial charge >= 0.3 is 0 Å². The van der Waals surface area contributed by atoms with Gasteiger partial charge in [-0.25, -0.2) is 0 Å². The highest BCUT2D eigenvalue weighted by Gasteiger charge is 2.11. The van der Waals surface area contributed by atoms with Gasteiger partial charge in [0.1, 0.15) is 0 Å². The first kappa shape index (κ1) is 17.9. The van der Waals surface area contributed by atoms with E-state index in [2.05, 4.69) is 24.4 Å². The maximum Gasteiger partial charge on any atom is 0.251 e. The highest BCUT2D eigenvalue weighted by molar-refractivity contribution is 5.91. The highest BCUT2D eigenvalue weighted by atomic mass is 16.1. The smallest absolute Gasteiger partial charge is 0.251 e. The Morgan fingerprint density at radius 3 is 2.46 bits per heavy atom. The molecule has 3 aromatic rings. The van der Waals surface area contributed by atoms with Crippen LogP contribution in [0.2, 0.25) is 0 Å². The van der Waals surface area contributed by atoms with Gasteiger partial charge in [0.25, 0.3) is 5.56 Å². The molecule has 0 aliphatic rings. The predicted molar refractivity (Wildman–Crippen MR) is 107 cm³/mol. The second kappa shape index (κ2) is 7.16. The Morgan fingerprint density at radius 2 is 1.73 bits per heavy atom. The number of rotatable bonds is 4. The van der Waals surface area contributed by atoms with Crippen molar-refractivity contribution in [3.05, 3.63) is 75.1 Å². The van der Waals surface area contributed by atoms with Crippen LogP contribution in [0.3, 0.4) is 0 Å². The molecule has 0 saturated heterocycles. The predicted octanol–water partition coefficient (Wildman–Crippen LogP) is 4.26. The lowest BCUT2D eigenvalue weighted by atomic mass is 10.0. The van der Waals surface area contributed by atoms with Crippen LogP contribution >= 0.6 is 0 Å². The third-order valence-electron chi connectivity index (χ3n) is 4.61. The summed E-state index contributed by atoms with van der Waals surface area (Å²) >= 11 is 0. The van der Waals surface area contributed by atoms with Crippen LogP contribution in [0.25, 0.3) is 10.9 Å². The molecule has 1 aromatic heterocycles. The maximum atomic E-state index is 12.5. The lowest BCUT2D eigenvalue weighted by Crippen LogP contribution is -2.24. The summed E-state index contributed by atoms with van der Waals surface area (Å²) in [6.45, 7) is 8.36. The molecule has 0 aliphatic heterocycles. The fourth-order valence-electron chi connectivity index (χ4n) is 3.45. The van der Waals surface area contributed by atoms with Crippen molar-refractivity contribution < 1.29 is 4.79 Å². The molecule has 0 bridgehead atoms. The summed E-state index contributed by atoms with van der Waals surface area (Å²) in [6.07, 6.45) is 0.249. The lowest BCUT2D eigenvalue weighted by molar-refractivity contribution is -0.116. The second-order valence-corrected chi connectivity index (χ2v) is 6.96. The molecule has 0 radical (unpaired) electrons. The summed E-state index contributed by atoms with van der Waals surface area (Å²) in [5.74, 6) is -0.0963. The van der Waals surface area contributed by atoms with Crippen molar-refractivity contribution in [1.29, 1.82) is 0 Å². The van der Waals surface area contributed by atoms with Gasteiger partial charge in [0.15, 0.2) is 0 Å². The SMILES string of the molecule is Cc1cccc(NC(=O)CCn2c(=O)cc(C)c3cc(C)cc(C)c32)c1. The van der Waals surface area contributed by atoms with Crippen LogP contribution in [-0.4, -0.2) is 10.5 Å². The molecule has 4 nitrogen and oxygen atoms in total. The number of hydrogen-bond acceptors (Lipinski definition) is 2. The minimum absolute atomic E-state index is 0.0645. The summed E-state index contributed by atoms with van der Waals surface area (Å²) < 4.78 is 1.72. The van der Waals surface area contributed by atoms with Gasteiger partial charge in [-0.2, -0.15) is 0 Å². The van der Waals surface area contributed by atoms with Crippen molar-refractivity contribution in [1.82, 2.24) is 4.57 Å². The van der Waals surface area contributed by atoms with Gasteiger partial charge in [-0.1, -0.05) is 23.8 Å². The van der Waals surface area contributed by atoms with Crippen LogP contribution in [0.5, 0.6) is 0 Å². The molecule has 1 N–H and O–H groups in total. The number of hydrogen-bond donors (Lipinski definition) is 1. The van der Waals surface area contributed by atoms with Crippen molar-refractivity contribution in [2.45, 2.75) is 40.7 Å². The molecule has 0 aliphatic carbocycles. The van der Waals surface area contributed by atoms with Crippen molar-refractivity contribution in [3.63, 3.8) is 0 Å². The summed E-state index contributed by atoms with van der Waals surface area (Å²) in [5, 5.41) is 3.97. The lowest BCUT2D eigenvalue weighted by Gasteiger charge is -2.15. The van der Waals surface area contributed by atoms with Gasteiger partial charge in [-0.3, -0.25) is 9.59 Å². The average Bonchev–Trinajstić information content (AvgIpc) is 2.55. The number of nitrogens with zero attached hydrogens (tertiary/aromatic N) is 1. The maximum absolute atomic E-state index is 12.5. The molecule has 0 saturated carbocycles. The van der Waals surface area contributed by atoms with Crippen LogP contribution in [0.1, 0.15) is 28.7 Å². The van der Waals surface area contributed by atoms with Gasteiger partial charge in [0, 0.05) is 30.1 Å². The van der Waals surface area contributed by atoms with E-state index in [-0.39, 0.29) is 17.9 Å². The van der Waals surface area contributed by atoms with Crippen molar-refractivity contribution >= 4 is 22.5 Å². The molecule has 0 spiro atoms. The zero-order chi connectivity index (χ0) is 18.8. The number of carbonyl (C=O) groups is 1. The van der Waals surface area contributed by atoms with Crippen molar-refractivity contribution in [2.75, 3.05) is 5.32 Å². The Balaban J connectivity index is 1.87. The van der Waals surface area contributed by atoms with Crippen LogP contribution in [0, 0.1) is 27.7 Å². The number of fused-ring (bicyclic) bond motifs is 1. The van der Waals surface area contributed by atoms with Crippen molar-refractivity contribution in [3.8, 4) is 0 Å². The molecule has 1 heterocycles. The monoisotopic (exact) mass is 348 g/mol. The molecular formula is C22H24N2O2. The minimum Gasteiger partial charge on any atom is -0.326 e. The zero-order valence-electron chi connectivity index (χ0n) is 15.7. The molecule has 1 amide bonds. The van der Waals surface area contributed by atoms with E-state index >= 15 is 0 Å². The van der Waals surface area contributed by atoms with E-state index in [0.717, 1.165) is 33.3 Å². The third kappa shape index (κ3) is 3.69. The summed E-state index contributed by atoms with van der Waals surface area (Å²) in [5.41, 5.74) is 5.92. The standard InChI is InChI=1S/C22H24N2O2/c1-14-6-5-7-18(11-14)23-20(25)8-9-24-21(26)13-16(3)19-12-15(2)10-17(4)22(19)24/h5-7,10-13H,8-9H2,1-4H3,(H,23,25). The van der Waals surface area contributed by atoms with E-state index < -0.39 is 0 Å². The number of aryl methyl sites for hydroxylation is 5. The van der Waals surface area contributed by atoms with E-state index in [9.17, 15) is 9.59 Å². The summed E-state index contributed by atoms with van der Waals surface area (Å²) in [6, 6.07) is 13.5. The minimum atomic E-state index is -0.0963. The number of nitrogens with one attached hydrogen (secondary N) is 1. The van der Waals surface area contributed by atoms with Gasteiger partial charge in [0.2, 0.25) is 5.91 Å². The molecule has 0 atom stereocenters. The Bertz CT molecular complexity index is 1050. The number of carbonyl (C=O) groups excluding carboxylic acids is 1. The Labute approximate surface area is 153 Å². The number of benzene rings is 2. The molecule has 134 valence electrons. The Kier molecular flexibility index (Phi) is 4.94. The van der Waals surface area contributed by atoms with E-state index in [1.807, 2.05) is 45.0 Å². The molecule has 2 aromatic carbocycles. The van der Waals surface area contributed by atoms with Crippen LogP contribution in [-0.2, 0) is 11.3 Å². The van der Waals surface area contributed by atoms with Crippen LogP contribution < -0.4 is 10.9 Å². The Hall–Kier alpha value is -2.88. The quantitative estimate of drug-likeness (QED) is 0.766. The van der Waals surface area contributed by atoms with Gasteiger partial charge < -0.3 is 9.88 Å². The number of amides is 1. The first-order valence-corrected chi connectivity index (χ1v) is 8.83. The van der Waals surface area contributed by atoms with E-state index in [4.69, 9.17) is 0 Å². The molecule has 3 rings (SSSR count). The van der Waals surface area contributed by atoms with Gasteiger partial charge in [-0.05, 0) is 62.6 Å². The van der Waals surface area contributed by atoms with Crippen LogP contribution in [0.15, 0.2) is 47.3 Å². The topological polar surface area (TPSA) is 51.1 Å². The molecule has 0 fully saturated rings. The molecular weight excluding hydrogens is 324 g/mol. The first-order valence-electron chi connectivity index (χ1n) is 8.83. The highest BCUT2D eigenvalue weighted by Crippen LogP contribution is 2.22. The second-order valence-electron chi connectivity index (χ2n) is 6.96. The number of anilines is 1. The summed E-state index contributed by atoms with van der Waals surface area (Å²) in [4.78, 5) is 24.9. The van der Waals surface area contributed by atoms with Crippen LogP contribution in [0.4, 0.5) is 5.69 Å².